The zero-order valence-corrected chi connectivity index (χ0v) is 10.1. The third-order valence-electron chi connectivity index (χ3n) is 2.40. The van der Waals surface area contributed by atoms with Crippen molar-refractivity contribution in [3.05, 3.63) is 36.2 Å². The van der Waals surface area contributed by atoms with Crippen LogP contribution in [0, 0.1) is 0 Å². The largest absolute Gasteiger partial charge is 0.353 e. The van der Waals surface area contributed by atoms with Gasteiger partial charge in [-0.3, -0.25) is 4.79 Å². The minimum atomic E-state index is -0.560. The molecule has 2 rings (SSSR count). The SMILES string of the molecule is O=C(Cc1ccc(-c2nncnn2)cc1)NCC[18F]. The van der Waals surface area contributed by atoms with Gasteiger partial charge in [-0.05, 0) is 5.56 Å². The van der Waals surface area contributed by atoms with E-state index in [2.05, 4.69) is 25.7 Å². The molecule has 7 heteroatoms. The molecule has 6 nitrogen and oxygen atoms in total. The molecule has 0 bridgehead atoms. The summed E-state index contributed by atoms with van der Waals surface area (Å²) in [7, 11) is 0. The summed E-state index contributed by atoms with van der Waals surface area (Å²) in [6, 6.07) is 7.16. The second kappa shape index (κ2) is 6.48. The average molecular weight is 260 g/mol. The number of carbonyl (C=O) groups is 1. The molecule has 1 aromatic carbocycles. The molecule has 0 saturated heterocycles. The van der Waals surface area contributed by atoms with Crippen molar-refractivity contribution < 1.29 is 9.18 Å². The minimum absolute atomic E-state index is 0.0477. The van der Waals surface area contributed by atoms with E-state index in [0.29, 0.717) is 5.82 Å². The molecule has 1 heterocycles. The Morgan fingerprint density at radius 2 is 1.84 bits per heavy atom. The maximum atomic E-state index is 11.9. The lowest BCUT2D eigenvalue weighted by molar-refractivity contribution is -0.120. The molecule has 19 heavy (non-hydrogen) atoms. The molecule has 0 fully saturated rings. The van der Waals surface area contributed by atoms with Gasteiger partial charge >= 0.3 is 0 Å². The van der Waals surface area contributed by atoms with Crippen LogP contribution >= 0.6 is 0 Å². The van der Waals surface area contributed by atoms with Gasteiger partial charge in [0.1, 0.15) is 6.67 Å². The highest BCUT2D eigenvalue weighted by atomic mass is 18.2. The van der Waals surface area contributed by atoms with Crippen molar-refractivity contribution in [2.24, 2.45) is 0 Å². The number of amides is 1. The summed E-state index contributed by atoms with van der Waals surface area (Å²) < 4.78 is 11.9. The zero-order chi connectivity index (χ0) is 13.5. The first-order valence-electron chi connectivity index (χ1n) is 5.72. The summed E-state index contributed by atoms with van der Waals surface area (Å²) in [5.41, 5.74) is 1.60. The third-order valence-corrected chi connectivity index (χ3v) is 2.40. The van der Waals surface area contributed by atoms with Crippen molar-refractivity contribution in [1.29, 1.82) is 0 Å². The second-order valence-electron chi connectivity index (χ2n) is 3.78. The average Bonchev–Trinajstić information content (AvgIpc) is 2.47. The first-order chi connectivity index (χ1) is 9.29. The van der Waals surface area contributed by atoms with E-state index in [1.54, 1.807) is 24.3 Å². The summed E-state index contributed by atoms with van der Waals surface area (Å²) in [4.78, 5) is 11.4. The Balaban J connectivity index is 2.01. The van der Waals surface area contributed by atoms with Gasteiger partial charge in [0.2, 0.25) is 11.7 Å². The van der Waals surface area contributed by atoms with Gasteiger partial charge < -0.3 is 5.32 Å². The Morgan fingerprint density at radius 1 is 1.16 bits per heavy atom. The molecule has 0 aliphatic rings. The molecule has 1 N–H and O–H groups in total. The molecule has 0 radical (unpaired) electrons. The van der Waals surface area contributed by atoms with Gasteiger partial charge in [0, 0.05) is 12.1 Å². The molecule has 1 aromatic heterocycles. The molecule has 0 atom stereocenters. The van der Waals surface area contributed by atoms with E-state index in [1.807, 2.05) is 0 Å². The van der Waals surface area contributed by atoms with E-state index in [-0.39, 0.29) is 18.9 Å². The predicted molar refractivity (Wildman–Crippen MR) is 65.7 cm³/mol. The van der Waals surface area contributed by atoms with Gasteiger partial charge in [0.25, 0.3) is 0 Å². The molecule has 0 aliphatic heterocycles. The monoisotopic (exact) mass is 260 g/mol. The van der Waals surface area contributed by atoms with Crippen LogP contribution in [-0.4, -0.2) is 39.5 Å². The Labute approximate surface area is 109 Å². The number of carbonyl (C=O) groups excluding carboxylic acids is 1. The van der Waals surface area contributed by atoms with E-state index >= 15 is 0 Å². The van der Waals surface area contributed by atoms with Crippen molar-refractivity contribution in [2.75, 3.05) is 13.2 Å². The van der Waals surface area contributed by atoms with Gasteiger partial charge in [0.05, 0.1) is 6.42 Å². The standard InChI is InChI=1S/C12H12FN5O/c13-5-6-14-11(19)7-9-1-3-10(4-2-9)12-17-15-8-16-18-12/h1-4,8H,5-7H2,(H,14,19)/i13-1. The van der Waals surface area contributed by atoms with Crippen LogP contribution in [0.15, 0.2) is 30.6 Å². The fraction of sp³-hybridized carbons (Fsp3) is 0.250. The summed E-state index contributed by atoms with van der Waals surface area (Å²) in [5, 5.41) is 17.4. The number of hydrogen-bond acceptors (Lipinski definition) is 5. The van der Waals surface area contributed by atoms with Gasteiger partial charge in [-0.25, -0.2) is 4.39 Å². The van der Waals surface area contributed by atoms with E-state index < -0.39 is 6.67 Å². The molecule has 1 amide bonds. The van der Waals surface area contributed by atoms with Crippen LogP contribution in [-0.2, 0) is 11.2 Å². The lowest BCUT2D eigenvalue weighted by Gasteiger charge is -2.03. The molecular formula is C12H12FN5O. The van der Waals surface area contributed by atoms with Crippen LogP contribution in [0.5, 0.6) is 0 Å². The third kappa shape index (κ3) is 3.77. The maximum absolute atomic E-state index is 11.9. The van der Waals surface area contributed by atoms with Gasteiger partial charge in [-0.1, -0.05) is 24.3 Å². The number of halogens is 1. The highest BCUT2D eigenvalue weighted by molar-refractivity contribution is 5.78. The number of alkyl halides is 1. The van der Waals surface area contributed by atoms with E-state index in [0.717, 1.165) is 11.1 Å². The maximum Gasteiger partial charge on any atom is 0.224 e. The molecule has 98 valence electrons. The fourth-order valence-electron chi connectivity index (χ4n) is 1.53. The molecule has 0 aliphatic carbocycles. The summed E-state index contributed by atoms with van der Waals surface area (Å²) >= 11 is 0. The summed E-state index contributed by atoms with van der Waals surface area (Å²) in [5.74, 6) is 0.223. The number of benzene rings is 1. The van der Waals surface area contributed by atoms with Gasteiger partial charge in [-0.15, -0.1) is 20.4 Å². The van der Waals surface area contributed by atoms with Crippen LogP contribution in [0.1, 0.15) is 5.56 Å². The van der Waals surface area contributed by atoms with E-state index in [4.69, 9.17) is 0 Å². The predicted octanol–water partition coefficient (Wildman–Crippen LogP) is 0.562. The molecule has 0 saturated carbocycles. The molecule has 0 spiro atoms. The first kappa shape index (κ1) is 13.0. The first-order valence-corrected chi connectivity index (χ1v) is 5.72. The minimum Gasteiger partial charge on any atom is -0.353 e. The van der Waals surface area contributed by atoms with E-state index in [1.165, 1.54) is 6.33 Å². The lowest BCUT2D eigenvalue weighted by atomic mass is 10.1. The smallest absolute Gasteiger partial charge is 0.224 e. The highest BCUT2D eigenvalue weighted by Gasteiger charge is 2.05. The Kier molecular flexibility index (Phi) is 4.44. The topological polar surface area (TPSA) is 80.7 Å². The number of rotatable bonds is 5. The van der Waals surface area contributed by atoms with E-state index in [9.17, 15) is 9.18 Å². The van der Waals surface area contributed by atoms with Crippen molar-refractivity contribution in [1.82, 2.24) is 25.7 Å². The number of aromatic nitrogens is 4. The molecular weight excluding hydrogens is 248 g/mol. The van der Waals surface area contributed by atoms with Crippen LogP contribution < -0.4 is 5.32 Å². The van der Waals surface area contributed by atoms with Crippen LogP contribution in [0.25, 0.3) is 11.4 Å². The Hall–Kier alpha value is -2.44. The second-order valence-corrected chi connectivity index (χ2v) is 3.78. The fourth-order valence-corrected chi connectivity index (χ4v) is 1.53. The number of nitrogens with one attached hydrogen (secondary N) is 1. The Bertz CT molecular complexity index is 532. The quantitative estimate of drug-likeness (QED) is 0.849. The van der Waals surface area contributed by atoms with Crippen molar-refractivity contribution in [3.63, 3.8) is 0 Å². The molecule has 2 aromatic rings. The van der Waals surface area contributed by atoms with Crippen LogP contribution in [0.3, 0.4) is 0 Å². The van der Waals surface area contributed by atoms with Gasteiger partial charge in [0.15, 0.2) is 6.33 Å². The van der Waals surface area contributed by atoms with Crippen molar-refractivity contribution in [2.45, 2.75) is 6.42 Å². The zero-order valence-electron chi connectivity index (χ0n) is 10.1. The summed E-state index contributed by atoms with van der Waals surface area (Å²) in [6.07, 6.45) is 1.47. The summed E-state index contributed by atoms with van der Waals surface area (Å²) in [6.45, 7) is -0.512. The van der Waals surface area contributed by atoms with Gasteiger partial charge in [-0.2, -0.15) is 0 Å². The van der Waals surface area contributed by atoms with Crippen LogP contribution in [0.4, 0.5) is 4.39 Å². The molecule has 0 unspecified atom stereocenters. The normalized spacial score (nSPS) is 10.2. The van der Waals surface area contributed by atoms with Crippen molar-refractivity contribution >= 4 is 5.91 Å². The number of hydrogen-bond donors (Lipinski definition) is 1. The highest BCUT2D eigenvalue weighted by Crippen LogP contribution is 2.13. The number of nitrogens with zero attached hydrogens (tertiary/aromatic N) is 4. The lowest BCUT2D eigenvalue weighted by Crippen LogP contribution is -2.26. The van der Waals surface area contributed by atoms with Crippen LogP contribution in [0.2, 0.25) is 0 Å². The Morgan fingerprint density at radius 3 is 2.47 bits per heavy atom. The van der Waals surface area contributed by atoms with Crippen molar-refractivity contribution in [3.8, 4) is 11.4 Å².